The Hall–Kier alpha value is -1.12. The highest BCUT2D eigenvalue weighted by atomic mass is 16.5. The average Bonchev–Trinajstić information content (AvgIpc) is 2.19. The Morgan fingerprint density at radius 1 is 1.62 bits per heavy atom. The number of hydrogen-bond donors (Lipinski definition) is 2. The Morgan fingerprint density at radius 2 is 2.23 bits per heavy atom. The molecule has 0 bridgehead atoms. The maximum Gasteiger partial charge on any atom is 0.265 e. The number of nitrogens with one attached hydrogen (secondary N) is 2. The molecule has 0 saturated carbocycles. The third kappa shape index (κ3) is 1.97. The van der Waals surface area contributed by atoms with Crippen LogP contribution in [0.1, 0.15) is 12.8 Å². The van der Waals surface area contributed by atoms with Crippen LogP contribution >= 0.6 is 0 Å². The van der Waals surface area contributed by atoms with Gasteiger partial charge in [-0.3, -0.25) is 10.1 Å². The van der Waals surface area contributed by atoms with Crippen LogP contribution in [0, 0.1) is 11.5 Å². The van der Waals surface area contributed by atoms with Crippen LogP contribution in [0.15, 0.2) is 0 Å². The Balaban J connectivity index is 2.67. The Bertz CT molecular complexity index is 228. The van der Waals surface area contributed by atoms with Gasteiger partial charge in [0.05, 0.1) is 0 Å². The number of nitriles is 1. The van der Waals surface area contributed by atoms with Gasteiger partial charge in [0.15, 0.2) is 6.19 Å². The highest BCUT2D eigenvalue weighted by Gasteiger charge is 2.39. The number of piperidine rings is 1. The lowest BCUT2D eigenvalue weighted by Crippen LogP contribution is -2.53. The van der Waals surface area contributed by atoms with Gasteiger partial charge in [0.25, 0.3) is 5.91 Å². The topological polar surface area (TPSA) is 74.1 Å². The van der Waals surface area contributed by atoms with Gasteiger partial charge in [-0.1, -0.05) is 0 Å². The highest BCUT2D eigenvalue weighted by Crippen LogP contribution is 2.22. The summed E-state index contributed by atoms with van der Waals surface area (Å²) in [6.07, 6.45) is 2.84. The van der Waals surface area contributed by atoms with E-state index in [4.69, 9.17) is 10.00 Å². The van der Waals surface area contributed by atoms with Crippen LogP contribution in [-0.4, -0.2) is 31.7 Å². The van der Waals surface area contributed by atoms with E-state index in [1.807, 2.05) is 0 Å². The van der Waals surface area contributed by atoms with Gasteiger partial charge < -0.3 is 10.1 Å². The smallest absolute Gasteiger partial charge is 0.265 e. The van der Waals surface area contributed by atoms with E-state index in [1.165, 1.54) is 7.11 Å². The summed E-state index contributed by atoms with van der Waals surface area (Å²) in [6.45, 7) is 1.49. The second kappa shape index (κ2) is 4.21. The molecular weight excluding hydrogens is 170 g/mol. The molecule has 5 heteroatoms. The quantitative estimate of drug-likeness (QED) is 0.441. The zero-order chi connectivity index (χ0) is 9.73. The van der Waals surface area contributed by atoms with E-state index in [2.05, 4.69) is 10.6 Å². The van der Waals surface area contributed by atoms with E-state index in [-0.39, 0.29) is 5.91 Å². The Kier molecular flexibility index (Phi) is 3.23. The molecule has 0 spiro atoms. The van der Waals surface area contributed by atoms with Gasteiger partial charge in [-0.25, -0.2) is 0 Å². The SMILES string of the molecule is COC1(C(=O)NC#N)CCNCC1. The van der Waals surface area contributed by atoms with E-state index in [1.54, 1.807) is 6.19 Å². The number of methoxy groups -OCH3 is 1. The van der Waals surface area contributed by atoms with E-state index >= 15 is 0 Å². The first-order valence-corrected chi connectivity index (χ1v) is 4.20. The minimum Gasteiger partial charge on any atom is -0.368 e. The maximum absolute atomic E-state index is 11.5. The fourth-order valence-corrected chi connectivity index (χ4v) is 1.52. The molecule has 0 radical (unpaired) electrons. The molecule has 0 unspecified atom stereocenters. The van der Waals surface area contributed by atoms with Crippen molar-refractivity contribution in [1.82, 2.24) is 10.6 Å². The van der Waals surface area contributed by atoms with Crippen LogP contribution in [-0.2, 0) is 9.53 Å². The maximum atomic E-state index is 11.5. The van der Waals surface area contributed by atoms with Crippen LogP contribution in [0.2, 0.25) is 0 Å². The zero-order valence-corrected chi connectivity index (χ0v) is 7.59. The van der Waals surface area contributed by atoms with E-state index in [9.17, 15) is 4.79 Å². The molecule has 2 N–H and O–H groups in total. The minimum atomic E-state index is -0.805. The van der Waals surface area contributed by atoms with E-state index in [0.717, 1.165) is 13.1 Å². The molecule has 0 aromatic rings. The van der Waals surface area contributed by atoms with Crippen LogP contribution in [0.25, 0.3) is 0 Å². The molecule has 0 aliphatic carbocycles. The summed E-state index contributed by atoms with van der Waals surface area (Å²) in [5.41, 5.74) is -0.805. The zero-order valence-electron chi connectivity index (χ0n) is 7.59. The molecule has 1 amide bonds. The molecule has 1 rings (SSSR count). The molecule has 0 atom stereocenters. The number of hydrogen-bond acceptors (Lipinski definition) is 4. The first-order valence-electron chi connectivity index (χ1n) is 4.20. The van der Waals surface area contributed by atoms with Gasteiger partial charge in [-0.05, 0) is 25.9 Å². The molecule has 1 saturated heterocycles. The first kappa shape index (κ1) is 9.96. The van der Waals surface area contributed by atoms with Gasteiger partial charge in [-0.2, -0.15) is 5.26 Å². The molecule has 5 nitrogen and oxygen atoms in total. The van der Waals surface area contributed by atoms with Gasteiger partial charge in [0.2, 0.25) is 0 Å². The van der Waals surface area contributed by atoms with Gasteiger partial charge in [0.1, 0.15) is 5.60 Å². The molecule has 72 valence electrons. The van der Waals surface area contributed by atoms with Crippen LogP contribution in [0.4, 0.5) is 0 Å². The number of carbonyl (C=O) groups is 1. The Morgan fingerprint density at radius 3 is 2.69 bits per heavy atom. The first-order chi connectivity index (χ1) is 6.25. The lowest BCUT2D eigenvalue weighted by molar-refractivity contribution is -0.145. The third-order valence-corrected chi connectivity index (χ3v) is 2.39. The van der Waals surface area contributed by atoms with E-state index in [0.29, 0.717) is 12.8 Å². The largest absolute Gasteiger partial charge is 0.368 e. The van der Waals surface area contributed by atoms with Crippen molar-refractivity contribution in [2.24, 2.45) is 0 Å². The lowest BCUT2D eigenvalue weighted by atomic mass is 9.91. The summed E-state index contributed by atoms with van der Waals surface area (Å²) in [5, 5.41) is 13.6. The minimum absolute atomic E-state index is 0.334. The monoisotopic (exact) mass is 183 g/mol. The molecule has 1 heterocycles. The van der Waals surface area contributed by atoms with Gasteiger partial charge >= 0.3 is 0 Å². The number of ether oxygens (including phenoxy) is 1. The van der Waals surface area contributed by atoms with Crippen molar-refractivity contribution < 1.29 is 9.53 Å². The summed E-state index contributed by atoms with van der Waals surface area (Å²) in [7, 11) is 1.50. The second-order valence-corrected chi connectivity index (χ2v) is 3.01. The molecule has 0 aromatic heterocycles. The summed E-state index contributed by atoms with van der Waals surface area (Å²) in [4.78, 5) is 11.5. The van der Waals surface area contributed by atoms with E-state index < -0.39 is 5.60 Å². The van der Waals surface area contributed by atoms with Crippen LogP contribution < -0.4 is 10.6 Å². The summed E-state index contributed by atoms with van der Waals surface area (Å²) >= 11 is 0. The molecule has 1 aliphatic rings. The molecule has 1 fully saturated rings. The third-order valence-electron chi connectivity index (χ3n) is 2.39. The highest BCUT2D eigenvalue weighted by molar-refractivity contribution is 5.86. The predicted octanol–water partition coefficient (Wildman–Crippen LogP) is -0.648. The number of nitrogens with zero attached hydrogens (tertiary/aromatic N) is 1. The van der Waals surface area contributed by atoms with Crippen molar-refractivity contribution in [3.05, 3.63) is 0 Å². The van der Waals surface area contributed by atoms with Gasteiger partial charge in [-0.15, -0.1) is 0 Å². The van der Waals surface area contributed by atoms with Crippen LogP contribution in [0.3, 0.4) is 0 Å². The molecule has 13 heavy (non-hydrogen) atoms. The van der Waals surface area contributed by atoms with Crippen molar-refractivity contribution in [2.45, 2.75) is 18.4 Å². The number of rotatable bonds is 2. The van der Waals surface area contributed by atoms with Crippen molar-refractivity contribution in [1.29, 1.82) is 5.26 Å². The average molecular weight is 183 g/mol. The van der Waals surface area contributed by atoms with Crippen molar-refractivity contribution in [3.8, 4) is 6.19 Å². The predicted molar refractivity (Wildman–Crippen MR) is 45.6 cm³/mol. The van der Waals surface area contributed by atoms with Gasteiger partial charge in [0, 0.05) is 7.11 Å². The fourth-order valence-electron chi connectivity index (χ4n) is 1.52. The van der Waals surface area contributed by atoms with Crippen molar-refractivity contribution in [2.75, 3.05) is 20.2 Å². The lowest BCUT2D eigenvalue weighted by Gasteiger charge is -2.33. The molecule has 1 aliphatic heterocycles. The summed E-state index contributed by atoms with van der Waals surface area (Å²) in [6, 6.07) is 0. The number of amides is 1. The normalized spacial score (nSPS) is 20.3. The fraction of sp³-hybridized carbons (Fsp3) is 0.750. The van der Waals surface area contributed by atoms with Crippen molar-refractivity contribution in [3.63, 3.8) is 0 Å². The second-order valence-electron chi connectivity index (χ2n) is 3.01. The van der Waals surface area contributed by atoms with Crippen molar-refractivity contribution >= 4 is 5.91 Å². The standard InChI is InChI=1S/C8H13N3O2/c1-13-8(7(12)11-6-9)2-4-10-5-3-8/h10H,2-5H2,1H3,(H,11,12). The summed E-state index contributed by atoms with van der Waals surface area (Å²) < 4.78 is 5.19. The molecule has 0 aromatic carbocycles. The molecular formula is C8H13N3O2. The Labute approximate surface area is 77.1 Å². The number of carbonyl (C=O) groups excluding carboxylic acids is 1. The summed E-state index contributed by atoms with van der Waals surface area (Å²) in [5.74, 6) is -0.334. The van der Waals surface area contributed by atoms with Crippen LogP contribution in [0.5, 0.6) is 0 Å².